The number of carbonyl (C=O) groups excluding carboxylic acids is 2. The summed E-state index contributed by atoms with van der Waals surface area (Å²) < 4.78 is 22.8. The van der Waals surface area contributed by atoms with Crippen LogP contribution < -0.4 is 19.5 Å². The second kappa shape index (κ2) is 13.0. The van der Waals surface area contributed by atoms with Crippen molar-refractivity contribution >= 4 is 27.7 Å². The Morgan fingerprint density at radius 3 is 2.40 bits per heavy atom. The quantitative estimate of drug-likeness (QED) is 0.248. The van der Waals surface area contributed by atoms with E-state index in [1.54, 1.807) is 26.4 Å². The van der Waals surface area contributed by atoms with Crippen LogP contribution in [0.3, 0.4) is 0 Å². The number of ether oxygens (including phenoxy) is 4. The fourth-order valence-corrected chi connectivity index (χ4v) is 6.27. The maximum Gasteiger partial charge on any atom is 0.337 e. The molecular weight excluding hydrogens is 614 g/mol. The molecule has 8 nitrogen and oxygen atoms in total. The first-order valence-corrected chi connectivity index (χ1v) is 14.9. The van der Waals surface area contributed by atoms with Gasteiger partial charge in [0.15, 0.2) is 28.8 Å². The monoisotopic (exact) mass is 647 g/mol. The van der Waals surface area contributed by atoms with Gasteiger partial charge in [-0.15, -0.1) is 0 Å². The summed E-state index contributed by atoms with van der Waals surface area (Å²) in [4.78, 5) is 27.8. The zero-order chi connectivity index (χ0) is 30.7. The highest BCUT2D eigenvalue weighted by Gasteiger charge is 2.42. The van der Waals surface area contributed by atoms with Gasteiger partial charge in [-0.25, -0.2) is 4.79 Å². The number of phenols is 1. The molecule has 0 radical (unpaired) electrons. The minimum atomic E-state index is -0.727. The molecule has 0 bridgehead atoms. The van der Waals surface area contributed by atoms with Crippen LogP contribution in [0, 0.1) is 0 Å². The number of methoxy groups -OCH3 is 2. The molecule has 1 heterocycles. The largest absolute Gasteiger partial charge is 0.503 e. The lowest BCUT2D eigenvalue weighted by Crippen LogP contribution is -2.36. The maximum absolute atomic E-state index is 14.1. The van der Waals surface area contributed by atoms with E-state index >= 15 is 0 Å². The van der Waals surface area contributed by atoms with Crippen molar-refractivity contribution in [1.29, 1.82) is 0 Å². The van der Waals surface area contributed by atoms with Gasteiger partial charge in [-0.2, -0.15) is 0 Å². The van der Waals surface area contributed by atoms with Crippen molar-refractivity contribution < 1.29 is 33.6 Å². The summed E-state index contributed by atoms with van der Waals surface area (Å²) in [5.41, 5.74) is 4.64. The van der Waals surface area contributed by atoms with Crippen molar-refractivity contribution in [1.82, 2.24) is 5.32 Å². The number of carbonyl (C=O) groups is 2. The smallest absolute Gasteiger partial charge is 0.337 e. The van der Waals surface area contributed by atoms with Gasteiger partial charge < -0.3 is 29.4 Å². The summed E-state index contributed by atoms with van der Waals surface area (Å²) in [7, 11) is 3.17. The first-order chi connectivity index (χ1) is 20.7. The highest BCUT2D eigenvalue weighted by Crippen LogP contribution is 2.49. The molecule has 2 N–H and O–H groups in total. The minimum absolute atomic E-state index is 0.0499. The summed E-state index contributed by atoms with van der Waals surface area (Å²) in [5, 5.41) is 14.0. The van der Waals surface area contributed by atoms with E-state index in [1.807, 2.05) is 62.4 Å². The van der Waals surface area contributed by atoms with Crippen LogP contribution in [0.1, 0.15) is 55.2 Å². The Morgan fingerprint density at radius 1 is 0.977 bits per heavy atom. The molecule has 2 atom stereocenters. The molecule has 0 saturated carbocycles. The number of esters is 1. The van der Waals surface area contributed by atoms with E-state index in [1.165, 1.54) is 0 Å². The van der Waals surface area contributed by atoms with Crippen molar-refractivity contribution in [3.05, 3.63) is 104 Å². The number of allylic oxidation sites excluding steroid dienone is 3. The van der Waals surface area contributed by atoms with Gasteiger partial charge in [-0.05, 0) is 83.1 Å². The van der Waals surface area contributed by atoms with E-state index in [4.69, 9.17) is 18.9 Å². The second-order valence-electron chi connectivity index (χ2n) is 10.5. The van der Waals surface area contributed by atoms with E-state index in [0.717, 1.165) is 16.8 Å². The van der Waals surface area contributed by atoms with Gasteiger partial charge in [0, 0.05) is 29.3 Å². The average molecular weight is 649 g/mol. The molecule has 3 aromatic rings. The van der Waals surface area contributed by atoms with Gasteiger partial charge in [0.2, 0.25) is 0 Å². The molecule has 224 valence electrons. The summed E-state index contributed by atoms with van der Waals surface area (Å²) >= 11 is 3.43. The van der Waals surface area contributed by atoms with Crippen LogP contribution in [-0.2, 0) is 20.9 Å². The van der Waals surface area contributed by atoms with Crippen LogP contribution in [0.4, 0.5) is 0 Å². The van der Waals surface area contributed by atoms with Crippen molar-refractivity contribution in [3.63, 3.8) is 0 Å². The van der Waals surface area contributed by atoms with E-state index in [9.17, 15) is 14.7 Å². The number of ketones is 1. The number of hydrogen-bond donors (Lipinski definition) is 2. The number of Topliss-reactive ketones (excluding diaryl/α,β-unsaturated/α-hetero) is 1. The van der Waals surface area contributed by atoms with Gasteiger partial charge in [-0.3, -0.25) is 4.79 Å². The summed E-state index contributed by atoms with van der Waals surface area (Å²) in [6.07, 6.45) is 0.795. The number of dihydropyridines is 1. The number of hydrogen-bond acceptors (Lipinski definition) is 8. The molecule has 1 aliphatic carbocycles. The second-order valence-corrected chi connectivity index (χ2v) is 11.3. The molecule has 43 heavy (non-hydrogen) atoms. The van der Waals surface area contributed by atoms with Crippen LogP contribution >= 0.6 is 15.9 Å². The summed E-state index contributed by atoms with van der Waals surface area (Å²) in [6, 6.07) is 18.5. The van der Waals surface area contributed by atoms with Crippen LogP contribution in [0.5, 0.6) is 23.0 Å². The molecule has 0 fully saturated rings. The molecule has 0 unspecified atom stereocenters. The van der Waals surface area contributed by atoms with Crippen molar-refractivity contribution in [3.8, 4) is 23.0 Å². The topological polar surface area (TPSA) is 103 Å². The fraction of sp³-hybridized carbons (Fsp3) is 0.294. The van der Waals surface area contributed by atoms with Crippen molar-refractivity contribution in [2.45, 2.75) is 45.1 Å². The Morgan fingerprint density at radius 2 is 1.70 bits per heavy atom. The number of aromatic hydroxyl groups is 1. The van der Waals surface area contributed by atoms with Crippen LogP contribution in [-0.4, -0.2) is 37.7 Å². The first kappa shape index (κ1) is 30.2. The molecule has 0 amide bonds. The molecular formula is C34H34BrNO7. The lowest BCUT2D eigenvalue weighted by atomic mass is 9.71. The lowest BCUT2D eigenvalue weighted by Gasteiger charge is -2.37. The van der Waals surface area contributed by atoms with E-state index in [-0.39, 0.29) is 36.2 Å². The Labute approximate surface area is 259 Å². The molecule has 3 aromatic carbocycles. The van der Waals surface area contributed by atoms with Gasteiger partial charge in [0.25, 0.3) is 0 Å². The zero-order valence-corrected chi connectivity index (χ0v) is 26.1. The third kappa shape index (κ3) is 6.13. The molecule has 5 rings (SSSR count). The molecule has 0 aromatic heterocycles. The predicted molar refractivity (Wildman–Crippen MR) is 165 cm³/mol. The number of rotatable bonds is 9. The molecule has 9 heteroatoms. The third-order valence-corrected chi connectivity index (χ3v) is 8.43. The number of phenolic OH excluding ortho intramolecular Hbond substituents is 1. The van der Waals surface area contributed by atoms with Crippen LogP contribution in [0.25, 0.3) is 0 Å². The first-order valence-electron chi connectivity index (χ1n) is 14.1. The number of benzene rings is 3. The number of nitrogens with one attached hydrogen (secondary N) is 1. The van der Waals surface area contributed by atoms with Crippen molar-refractivity contribution in [2.75, 3.05) is 20.8 Å². The van der Waals surface area contributed by atoms with Gasteiger partial charge in [0.05, 0.1) is 30.9 Å². The Hall–Kier alpha value is -4.24. The standard InChI is InChI=1S/C34H34BrNO7/c1-5-42-29-17-23(13-24(35)33(29)38)31-30(34(39)43-18-20-9-7-6-8-10-20)19(2)36-25-14-22(15-26(37)32(25)31)21-11-12-27(40-3)28(16-21)41-4/h6-13,16-17,22,31,36,38H,5,14-15,18H2,1-4H3/t22-,31+/m1/s1. The fourth-order valence-electron chi connectivity index (χ4n) is 5.81. The normalized spacial score (nSPS) is 18.1. The maximum atomic E-state index is 14.1. The zero-order valence-electron chi connectivity index (χ0n) is 24.5. The van der Waals surface area contributed by atoms with E-state index < -0.39 is 11.9 Å². The third-order valence-electron chi connectivity index (χ3n) is 7.82. The van der Waals surface area contributed by atoms with Gasteiger partial charge in [0.1, 0.15) is 6.61 Å². The molecule has 2 aliphatic rings. The van der Waals surface area contributed by atoms with E-state index in [2.05, 4.69) is 21.2 Å². The molecule has 0 spiro atoms. The Bertz CT molecular complexity index is 1610. The van der Waals surface area contributed by atoms with Crippen molar-refractivity contribution in [2.24, 2.45) is 0 Å². The predicted octanol–water partition coefficient (Wildman–Crippen LogP) is 6.68. The Kier molecular flexibility index (Phi) is 9.11. The minimum Gasteiger partial charge on any atom is -0.503 e. The Balaban J connectivity index is 1.57. The molecule has 1 aliphatic heterocycles. The average Bonchev–Trinajstić information content (AvgIpc) is 3.01. The van der Waals surface area contributed by atoms with Crippen LogP contribution in [0.15, 0.2) is 87.7 Å². The highest BCUT2D eigenvalue weighted by atomic mass is 79.9. The van der Waals surface area contributed by atoms with E-state index in [0.29, 0.717) is 51.4 Å². The van der Waals surface area contributed by atoms with Gasteiger partial charge >= 0.3 is 5.97 Å². The number of halogens is 1. The summed E-state index contributed by atoms with van der Waals surface area (Å²) in [6.45, 7) is 4.06. The SMILES string of the molecule is CCOc1cc([C@H]2C(C(=O)OCc3ccccc3)=C(C)NC3=C2C(=O)C[C@H](c2ccc(OC)c(OC)c2)C3)cc(Br)c1O. The van der Waals surface area contributed by atoms with Crippen LogP contribution in [0.2, 0.25) is 0 Å². The summed E-state index contributed by atoms with van der Waals surface area (Å²) in [5.74, 6) is -0.0226. The molecule has 0 saturated heterocycles. The highest BCUT2D eigenvalue weighted by molar-refractivity contribution is 9.10. The van der Waals surface area contributed by atoms with Gasteiger partial charge in [-0.1, -0.05) is 36.4 Å². The lowest BCUT2D eigenvalue weighted by molar-refractivity contribution is -0.140.